The molecule has 2 aromatic rings. The van der Waals surface area contributed by atoms with E-state index < -0.39 is 0 Å². The molecule has 0 N–H and O–H groups in total. The first-order chi connectivity index (χ1) is 11.1. The minimum atomic E-state index is 0.0265. The van der Waals surface area contributed by atoms with Crippen LogP contribution in [0, 0.1) is 0 Å². The molecule has 1 aromatic heterocycles. The van der Waals surface area contributed by atoms with Crippen molar-refractivity contribution in [2.45, 2.75) is 45.7 Å². The Balaban J connectivity index is 1.96. The van der Waals surface area contributed by atoms with Gasteiger partial charge in [-0.1, -0.05) is 37.3 Å². The average Bonchev–Trinajstić information content (AvgIpc) is 3.10. The van der Waals surface area contributed by atoms with E-state index in [1.54, 1.807) is 23.5 Å². The van der Waals surface area contributed by atoms with Gasteiger partial charge in [0.2, 0.25) is 5.91 Å². The van der Waals surface area contributed by atoms with Gasteiger partial charge in [-0.25, -0.2) is 0 Å². The van der Waals surface area contributed by atoms with Crippen LogP contribution in [0.15, 0.2) is 47.2 Å². The van der Waals surface area contributed by atoms with Crippen molar-refractivity contribution >= 4 is 23.0 Å². The topological polar surface area (TPSA) is 37.4 Å². The van der Waals surface area contributed by atoms with Crippen molar-refractivity contribution in [3.8, 4) is 0 Å². The number of hydrogen-bond donors (Lipinski definition) is 0. The van der Waals surface area contributed by atoms with Crippen molar-refractivity contribution in [3.63, 3.8) is 0 Å². The first kappa shape index (κ1) is 17.4. The first-order valence-electron chi connectivity index (χ1n) is 8.00. The predicted octanol–water partition coefficient (Wildman–Crippen LogP) is 4.54. The minimum absolute atomic E-state index is 0.0265. The molecule has 0 aliphatic heterocycles. The molecule has 0 spiro atoms. The van der Waals surface area contributed by atoms with Crippen LogP contribution >= 0.6 is 11.3 Å². The largest absolute Gasteiger partial charge is 0.336 e. The van der Waals surface area contributed by atoms with Gasteiger partial charge in [-0.15, -0.1) is 0 Å². The molecule has 1 heterocycles. The molecule has 1 atom stereocenters. The van der Waals surface area contributed by atoms with Crippen LogP contribution in [0.1, 0.15) is 49.0 Å². The van der Waals surface area contributed by atoms with E-state index in [2.05, 4.69) is 19.2 Å². The van der Waals surface area contributed by atoms with E-state index in [0.717, 1.165) is 12.0 Å². The molecule has 1 unspecified atom stereocenters. The van der Waals surface area contributed by atoms with E-state index in [9.17, 15) is 9.59 Å². The van der Waals surface area contributed by atoms with Crippen molar-refractivity contribution in [1.82, 2.24) is 4.90 Å². The number of Topliss-reactive ketones (excluding diaryl/α,β-unsaturated/α-hetero) is 1. The van der Waals surface area contributed by atoms with Gasteiger partial charge in [-0.05, 0) is 35.7 Å². The third-order valence-electron chi connectivity index (χ3n) is 4.04. The SMILES string of the molecule is CCC(C)N(Cc1ccsc1)C(=O)CCC(=O)c1ccccc1. The molecule has 0 saturated carbocycles. The zero-order valence-corrected chi connectivity index (χ0v) is 14.5. The van der Waals surface area contributed by atoms with Crippen LogP contribution in [-0.4, -0.2) is 22.6 Å². The normalized spacial score (nSPS) is 11.9. The highest BCUT2D eigenvalue weighted by Gasteiger charge is 2.20. The summed E-state index contributed by atoms with van der Waals surface area (Å²) in [7, 11) is 0. The van der Waals surface area contributed by atoms with Crippen molar-refractivity contribution in [2.24, 2.45) is 0 Å². The van der Waals surface area contributed by atoms with Gasteiger partial charge in [0.05, 0.1) is 0 Å². The summed E-state index contributed by atoms with van der Waals surface area (Å²) in [6.07, 6.45) is 1.43. The van der Waals surface area contributed by atoms with E-state index in [1.807, 2.05) is 34.5 Å². The number of amides is 1. The Morgan fingerprint density at radius 1 is 1.13 bits per heavy atom. The molecule has 0 bridgehead atoms. The minimum Gasteiger partial charge on any atom is -0.336 e. The van der Waals surface area contributed by atoms with Gasteiger partial charge in [0.15, 0.2) is 5.78 Å². The van der Waals surface area contributed by atoms with Gasteiger partial charge in [-0.2, -0.15) is 11.3 Å². The fourth-order valence-electron chi connectivity index (χ4n) is 2.42. The number of hydrogen-bond acceptors (Lipinski definition) is 3. The lowest BCUT2D eigenvalue weighted by Gasteiger charge is -2.28. The fraction of sp³-hybridized carbons (Fsp3) is 0.368. The highest BCUT2D eigenvalue weighted by molar-refractivity contribution is 7.07. The maximum Gasteiger partial charge on any atom is 0.223 e. The quantitative estimate of drug-likeness (QED) is 0.667. The monoisotopic (exact) mass is 329 g/mol. The Labute approximate surface area is 141 Å². The van der Waals surface area contributed by atoms with Crippen LogP contribution in [0.2, 0.25) is 0 Å². The number of carbonyl (C=O) groups excluding carboxylic acids is 2. The van der Waals surface area contributed by atoms with Crippen molar-refractivity contribution in [1.29, 1.82) is 0 Å². The molecule has 122 valence electrons. The molecule has 0 radical (unpaired) electrons. The highest BCUT2D eigenvalue weighted by Crippen LogP contribution is 2.16. The molecule has 23 heavy (non-hydrogen) atoms. The predicted molar refractivity (Wildman–Crippen MR) is 94.6 cm³/mol. The standard InChI is InChI=1S/C19H23NO2S/c1-3-15(2)20(13-16-11-12-23-14-16)19(22)10-9-18(21)17-7-5-4-6-8-17/h4-8,11-12,14-15H,3,9-10,13H2,1-2H3. The van der Waals surface area contributed by atoms with E-state index >= 15 is 0 Å². The van der Waals surface area contributed by atoms with Crippen LogP contribution in [-0.2, 0) is 11.3 Å². The van der Waals surface area contributed by atoms with Crippen molar-refractivity contribution < 1.29 is 9.59 Å². The van der Waals surface area contributed by atoms with Crippen LogP contribution in [0.3, 0.4) is 0 Å². The first-order valence-corrected chi connectivity index (χ1v) is 8.95. The number of ketones is 1. The van der Waals surface area contributed by atoms with Crippen LogP contribution in [0.25, 0.3) is 0 Å². The number of carbonyl (C=O) groups is 2. The fourth-order valence-corrected chi connectivity index (χ4v) is 3.08. The number of rotatable bonds is 8. The lowest BCUT2D eigenvalue weighted by Crippen LogP contribution is -2.37. The molecule has 2 rings (SSSR count). The van der Waals surface area contributed by atoms with E-state index in [-0.39, 0.29) is 30.6 Å². The summed E-state index contributed by atoms with van der Waals surface area (Å²) in [4.78, 5) is 26.6. The van der Waals surface area contributed by atoms with E-state index in [1.165, 1.54) is 0 Å². The van der Waals surface area contributed by atoms with Crippen LogP contribution in [0.4, 0.5) is 0 Å². The lowest BCUT2D eigenvalue weighted by molar-refractivity contribution is -0.133. The second kappa shape index (κ2) is 8.63. The summed E-state index contributed by atoms with van der Waals surface area (Å²) in [6, 6.07) is 11.4. The third-order valence-corrected chi connectivity index (χ3v) is 4.77. The lowest BCUT2D eigenvalue weighted by atomic mass is 10.1. The van der Waals surface area contributed by atoms with Crippen LogP contribution in [0.5, 0.6) is 0 Å². The summed E-state index contributed by atoms with van der Waals surface area (Å²) < 4.78 is 0. The Hall–Kier alpha value is -1.94. The molecule has 0 aliphatic rings. The molecular formula is C19H23NO2S. The Kier molecular flexibility index (Phi) is 6.53. The molecule has 0 aliphatic carbocycles. The molecular weight excluding hydrogens is 306 g/mol. The molecule has 0 saturated heterocycles. The molecule has 1 amide bonds. The summed E-state index contributed by atoms with van der Waals surface area (Å²) in [6.45, 7) is 4.76. The maximum atomic E-state index is 12.6. The number of thiophene rings is 1. The van der Waals surface area contributed by atoms with Gasteiger partial charge < -0.3 is 4.90 Å². The van der Waals surface area contributed by atoms with Crippen LogP contribution < -0.4 is 0 Å². The smallest absolute Gasteiger partial charge is 0.223 e. The van der Waals surface area contributed by atoms with Gasteiger partial charge in [0.25, 0.3) is 0 Å². The van der Waals surface area contributed by atoms with E-state index in [4.69, 9.17) is 0 Å². The molecule has 3 nitrogen and oxygen atoms in total. The summed E-state index contributed by atoms with van der Waals surface area (Å²) >= 11 is 1.64. The van der Waals surface area contributed by atoms with Crippen molar-refractivity contribution in [2.75, 3.05) is 0 Å². The number of nitrogens with zero attached hydrogens (tertiary/aromatic N) is 1. The zero-order chi connectivity index (χ0) is 16.7. The zero-order valence-electron chi connectivity index (χ0n) is 13.7. The average molecular weight is 329 g/mol. The van der Waals surface area contributed by atoms with Gasteiger partial charge in [-0.3, -0.25) is 9.59 Å². The second-order valence-corrected chi connectivity index (χ2v) is 6.48. The molecule has 1 aromatic carbocycles. The van der Waals surface area contributed by atoms with E-state index in [0.29, 0.717) is 12.1 Å². The Bertz CT molecular complexity index is 622. The summed E-state index contributed by atoms with van der Waals surface area (Å²) in [5.41, 5.74) is 1.83. The summed E-state index contributed by atoms with van der Waals surface area (Å²) in [5.74, 6) is 0.0772. The third kappa shape index (κ3) is 5.03. The van der Waals surface area contributed by atoms with Gasteiger partial charge in [0.1, 0.15) is 0 Å². The maximum absolute atomic E-state index is 12.6. The molecule has 4 heteroatoms. The number of benzene rings is 1. The van der Waals surface area contributed by atoms with Gasteiger partial charge >= 0.3 is 0 Å². The Morgan fingerprint density at radius 2 is 1.87 bits per heavy atom. The van der Waals surface area contributed by atoms with Gasteiger partial charge in [0, 0.05) is 31.0 Å². The Morgan fingerprint density at radius 3 is 2.48 bits per heavy atom. The second-order valence-electron chi connectivity index (χ2n) is 5.70. The highest BCUT2D eigenvalue weighted by atomic mass is 32.1. The summed E-state index contributed by atoms with van der Waals surface area (Å²) in [5, 5.41) is 4.09. The molecule has 0 fully saturated rings. The van der Waals surface area contributed by atoms with Crippen molar-refractivity contribution in [3.05, 3.63) is 58.3 Å².